The summed E-state index contributed by atoms with van der Waals surface area (Å²) in [7, 11) is 0. The van der Waals surface area contributed by atoms with Crippen LogP contribution in [0.1, 0.15) is 32.6 Å². The van der Waals surface area contributed by atoms with Gasteiger partial charge in [0.05, 0.1) is 0 Å². The van der Waals surface area contributed by atoms with Crippen molar-refractivity contribution in [1.82, 2.24) is 9.80 Å². The van der Waals surface area contributed by atoms with Crippen LogP contribution in [0, 0.1) is 0 Å². The van der Waals surface area contributed by atoms with Crippen molar-refractivity contribution < 1.29 is 14.3 Å². The van der Waals surface area contributed by atoms with Crippen LogP contribution in [0.15, 0.2) is 0 Å². The SMILES string of the molecule is CCOCCCC(=O)N1CCN2C(=O)CCC2C1. The molecule has 2 fully saturated rings. The van der Waals surface area contributed by atoms with E-state index in [1.807, 2.05) is 16.7 Å². The lowest BCUT2D eigenvalue weighted by Gasteiger charge is -2.37. The summed E-state index contributed by atoms with van der Waals surface area (Å²) in [5.74, 6) is 0.456. The molecule has 0 spiro atoms. The van der Waals surface area contributed by atoms with E-state index >= 15 is 0 Å². The Morgan fingerprint density at radius 2 is 2.28 bits per heavy atom. The van der Waals surface area contributed by atoms with Gasteiger partial charge in [-0.3, -0.25) is 9.59 Å². The summed E-state index contributed by atoms with van der Waals surface area (Å²) in [6.07, 6.45) is 2.90. The van der Waals surface area contributed by atoms with E-state index in [0.717, 1.165) is 19.4 Å². The molecule has 0 bridgehead atoms. The van der Waals surface area contributed by atoms with Crippen molar-refractivity contribution in [2.75, 3.05) is 32.8 Å². The maximum atomic E-state index is 12.0. The maximum absolute atomic E-state index is 12.0. The molecular formula is C13H22N2O3. The summed E-state index contributed by atoms with van der Waals surface area (Å²) in [6, 6.07) is 0.266. The van der Waals surface area contributed by atoms with Gasteiger partial charge >= 0.3 is 0 Å². The molecule has 0 radical (unpaired) electrons. The van der Waals surface area contributed by atoms with Crippen LogP contribution in [0.25, 0.3) is 0 Å². The molecule has 18 heavy (non-hydrogen) atoms. The van der Waals surface area contributed by atoms with Crippen molar-refractivity contribution in [2.45, 2.75) is 38.6 Å². The van der Waals surface area contributed by atoms with Crippen LogP contribution >= 0.6 is 0 Å². The van der Waals surface area contributed by atoms with E-state index in [9.17, 15) is 9.59 Å². The summed E-state index contributed by atoms with van der Waals surface area (Å²) in [4.78, 5) is 27.4. The molecule has 102 valence electrons. The van der Waals surface area contributed by atoms with E-state index in [0.29, 0.717) is 39.1 Å². The third kappa shape index (κ3) is 3.02. The van der Waals surface area contributed by atoms with Crippen molar-refractivity contribution in [1.29, 1.82) is 0 Å². The summed E-state index contributed by atoms with van der Waals surface area (Å²) in [5, 5.41) is 0. The highest BCUT2D eigenvalue weighted by atomic mass is 16.5. The fraction of sp³-hybridized carbons (Fsp3) is 0.846. The van der Waals surface area contributed by atoms with Gasteiger partial charge in [0.15, 0.2) is 0 Å². The van der Waals surface area contributed by atoms with Crippen molar-refractivity contribution in [3.8, 4) is 0 Å². The molecule has 0 aromatic carbocycles. The number of carbonyl (C=O) groups excluding carboxylic acids is 2. The van der Waals surface area contributed by atoms with Crippen LogP contribution in [-0.2, 0) is 14.3 Å². The Kier molecular flexibility index (Phi) is 4.58. The first-order valence-corrected chi connectivity index (χ1v) is 6.87. The van der Waals surface area contributed by atoms with Crippen LogP contribution < -0.4 is 0 Å². The van der Waals surface area contributed by atoms with Gasteiger partial charge in [-0.2, -0.15) is 0 Å². The number of carbonyl (C=O) groups is 2. The van der Waals surface area contributed by atoms with Gasteiger partial charge in [-0.1, -0.05) is 0 Å². The van der Waals surface area contributed by atoms with Gasteiger partial charge in [0, 0.05) is 51.7 Å². The molecule has 1 unspecified atom stereocenters. The standard InChI is InChI=1S/C13H22N2O3/c1-2-18-9-3-4-12(16)14-7-8-15-11(10-14)5-6-13(15)17/h11H,2-10H2,1H3. The number of piperazine rings is 1. The number of rotatable bonds is 5. The molecule has 0 saturated carbocycles. The second kappa shape index (κ2) is 6.18. The molecule has 2 heterocycles. The minimum Gasteiger partial charge on any atom is -0.382 e. The topological polar surface area (TPSA) is 49.9 Å². The van der Waals surface area contributed by atoms with Crippen molar-refractivity contribution in [3.63, 3.8) is 0 Å². The maximum Gasteiger partial charge on any atom is 0.223 e. The van der Waals surface area contributed by atoms with Gasteiger partial charge in [0.2, 0.25) is 11.8 Å². The van der Waals surface area contributed by atoms with Gasteiger partial charge in [-0.15, -0.1) is 0 Å². The quantitative estimate of drug-likeness (QED) is 0.676. The van der Waals surface area contributed by atoms with E-state index < -0.39 is 0 Å². The van der Waals surface area contributed by atoms with E-state index in [2.05, 4.69) is 0 Å². The van der Waals surface area contributed by atoms with Crippen molar-refractivity contribution >= 4 is 11.8 Å². The molecule has 0 N–H and O–H groups in total. The van der Waals surface area contributed by atoms with E-state index in [1.165, 1.54) is 0 Å². The highest BCUT2D eigenvalue weighted by Gasteiger charge is 2.36. The smallest absolute Gasteiger partial charge is 0.223 e. The molecule has 5 heteroatoms. The molecule has 0 aliphatic carbocycles. The molecule has 2 amide bonds. The molecule has 0 aromatic heterocycles. The summed E-state index contributed by atoms with van der Waals surface area (Å²) in [6.45, 7) is 5.44. The van der Waals surface area contributed by atoms with Gasteiger partial charge < -0.3 is 14.5 Å². The van der Waals surface area contributed by atoms with E-state index in [4.69, 9.17) is 4.74 Å². The Balaban J connectivity index is 1.74. The Morgan fingerprint density at radius 1 is 1.44 bits per heavy atom. The van der Waals surface area contributed by atoms with Gasteiger partial charge in [0.25, 0.3) is 0 Å². The average molecular weight is 254 g/mol. The molecule has 2 aliphatic rings. The number of ether oxygens (including phenoxy) is 1. The second-order valence-corrected chi connectivity index (χ2v) is 4.92. The lowest BCUT2D eigenvalue weighted by atomic mass is 10.1. The monoisotopic (exact) mass is 254 g/mol. The van der Waals surface area contributed by atoms with Crippen molar-refractivity contribution in [3.05, 3.63) is 0 Å². The highest BCUT2D eigenvalue weighted by Crippen LogP contribution is 2.23. The van der Waals surface area contributed by atoms with Crippen LogP contribution in [0.4, 0.5) is 0 Å². The zero-order valence-electron chi connectivity index (χ0n) is 11.1. The number of hydrogen-bond donors (Lipinski definition) is 0. The first-order chi connectivity index (χ1) is 8.72. The normalized spacial score (nSPS) is 23.4. The molecule has 5 nitrogen and oxygen atoms in total. The predicted octanol–water partition coefficient (Wildman–Crippen LogP) is 0.636. The molecule has 2 aliphatic heterocycles. The lowest BCUT2D eigenvalue weighted by Crippen LogP contribution is -2.53. The second-order valence-electron chi connectivity index (χ2n) is 4.92. The van der Waals surface area contributed by atoms with Gasteiger partial charge in [-0.05, 0) is 19.8 Å². The summed E-state index contributed by atoms with van der Waals surface area (Å²) < 4.78 is 5.23. The molecule has 2 saturated heterocycles. The fourth-order valence-corrected chi connectivity index (χ4v) is 2.72. The zero-order chi connectivity index (χ0) is 13.0. The van der Waals surface area contributed by atoms with Crippen molar-refractivity contribution in [2.24, 2.45) is 0 Å². The Hall–Kier alpha value is -1.10. The fourth-order valence-electron chi connectivity index (χ4n) is 2.72. The Bertz CT molecular complexity index is 319. The largest absolute Gasteiger partial charge is 0.382 e. The highest BCUT2D eigenvalue weighted by molar-refractivity contribution is 5.80. The Labute approximate surface area is 108 Å². The number of amides is 2. The zero-order valence-corrected chi connectivity index (χ0v) is 11.1. The first kappa shape index (κ1) is 13.3. The van der Waals surface area contributed by atoms with Crippen LogP contribution in [0.5, 0.6) is 0 Å². The number of fused-ring (bicyclic) bond motifs is 1. The number of hydrogen-bond acceptors (Lipinski definition) is 3. The number of nitrogens with zero attached hydrogens (tertiary/aromatic N) is 2. The Morgan fingerprint density at radius 3 is 3.06 bits per heavy atom. The first-order valence-electron chi connectivity index (χ1n) is 6.87. The minimum atomic E-state index is 0.203. The van der Waals surface area contributed by atoms with Gasteiger partial charge in [0.1, 0.15) is 0 Å². The molecular weight excluding hydrogens is 232 g/mol. The van der Waals surface area contributed by atoms with Crippen LogP contribution in [0.2, 0.25) is 0 Å². The van der Waals surface area contributed by atoms with Crippen LogP contribution in [-0.4, -0.2) is 60.5 Å². The van der Waals surface area contributed by atoms with Crippen LogP contribution in [0.3, 0.4) is 0 Å². The van der Waals surface area contributed by atoms with E-state index in [1.54, 1.807) is 0 Å². The summed E-state index contributed by atoms with van der Waals surface area (Å²) >= 11 is 0. The third-order valence-electron chi connectivity index (χ3n) is 3.73. The molecule has 0 aromatic rings. The van der Waals surface area contributed by atoms with Gasteiger partial charge in [-0.25, -0.2) is 0 Å². The molecule has 1 atom stereocenters. The predicted molar refractivity (Wildman–Crippen MR) is 67.0 cm³/mol. The minimum absolute atomic E-state index is 0.203. The lowest BCUT2D eigenvalue weighted by molar-refractivity contribution is -0.139. The van der Waals surface area contributed by atoms with E-state index in [-0.39, 0.29) is 17.9 Å². The molecule has 2 rings (SSSR count). The summed E-state index contributed by atoms with van der Waals surface area (Å²) in [5.41, 5.74) is 0. The third-order valence-corrected chi connectivity index (χ3v) is 3.73. The average Bonchev–Trinajstić information content (AvgIpc) is 2.76.